The van der Waals surface area contributed by atoms with Crippen molar-refractivity contribution < 1.29 is 19.1 Å². The number of anilines is 1. The standard InChI is InChI=1S/C29H34N6O4/c1-20-13-26-24(14-21(20)15-34(19-36)25-7-8-27(37)30-28(25)38)29(18-39-26)9-11-33(12-10-29)16-22-17-35(32-31-22)23-5-3-2-4-6-23/h2-6,13-14,17,19,25,31-32H,7-12,15-16,18H2,1H3,(H,30,37,38). The molecule has 0 aliphatic carbocycles. The number of ether oxygens (including phenoxy) is 1. The summed E-state index contributed by atoms with van der Waals surface area (Å²) < 4.78 is 6.19. The molecule has 10 nitrogen and oxygen atoms in total. The fourth-order valence-electron chi connectivity index (χ4n) is 6.09. The quantitative estimate of drug-likeness (QED) is 0.368. The Labute approximate surface area is 227 Å². The number of likely N-dealkylation sites (tertiary alicyclic amines) is 1. The molecule has 1 unspecified atom stereocenters. The van der Waals surface area contributed by atoms with Gasteiger partial charge in [-0.3, -0.25) is 29.6 Å². The van der Waals surface area contributed by atoms with Crippen molar-refractivity contribution >= 4 is 23.9 Å². The van der Waals surface area contributed by atoms with Crippen molar-refractivity contribution in [2.24, 2.45) is 0 Å². The molecule has 204 valence electrons. The minimum absolute atomic E-state index is 0.0548. The molecule has 0 bridgehead atoms. The number of hydrogen-bond donors (Lipinski definition) is 3. The van der Waals surface area contributed by atoms with Crippen molar-refractivity contribution in [2.75, 3.05) is 31.3 Å². The lowest BCUT2D eigenvalue weighted by molar-refractivity contribution is -0.141. The smallest absolute Gasteiger partial charge is 0.249 e. The van der Waals surface area contributed by atoms with Gasteiger partial charge in [-0.25, -0.2) is 0 Å². The van der Waals surface area contributed by atoms with Crippen LogP contribution in [0.5, 0.6) is 5.75 Å². The van der Waals surface area contributed by atoms with Crippen LogP contribution in [0.4, 0.5) is 5.69 Å². The number of fused-ring (bicyclic) bond motifs is 2. The van der Waals surface area contributed by atoms with Gasteiger partial charge < -0.3 is 15.1 Å². The SMILES string of the molecule is Cc1cc2c(cc1CN(C=O)C1CCC(=O)NC1=O)C1(CCN(CC3=CN(c4ccccc4)NN3)CC1)CO2. The van der Waals surface area contributed by atoms with Crippen molar-refractivity contribution in [1.29, 1.82) is 0 Å². The molecule has 4 aliphatic rings. The Morgan fingerprint density at radius 1 is 1.15 bits per heavy atom. The van der Waals surface area contributed by atoms with Crippen molar-refractivity contribution in [1.82, 2.24) is 26.1 Å². The van der Waals surface area contributed by atoms with Crippen LogP contribution in [0.15, 0.2) is 54.4 Å². The number of hydrogen-bond acceptors (Lipinski definition) is 8. The Balaban J connectivity index is 1.12. The second-order valence-corrected chi connectivity index (χ2v) is 11.0. The Kier molecular flexibility index (Phi) is 6.74. The lowest BCUT2D eigenvalue weighted by atomic mass is 9.73. The zero-order chi connectivity index (χ0) is 27.0. The Bertz CT molecular complexity index is 1300. The first-order valence-electron chi connectivity index (χ1n) is 13.5. The normalized spacial score (nSPS) is 22.1. The maximum Gasteiger partial charge on any atom is 0.249 e. The number of hydrazine groups is 2. The molecule has 3 amide bonds. The molecule has 2 aromatic rings. The molecule has 0 radical (unpaired) electrons. The number of amides is 3. The molecule has 2 saturated heterocycles. The monoisotopic (exact) mass is 530 g/mol. The van der Waals surface area contributed by atoms with Crippen LogP contribution in [0.3, 0.4) is 0 Å². The van der Waals surface area contributed by atoms with Gasteiger partial charge in [0.2, 0.25) is 18.2 Å². The molecule has 39 heavy (non-hydrogen) atoms. The van der Waals surface area contributed by atoms with E-state index >= 15 is 0 Å². The summed E-state index contributed by atoms with van der Waals surface area (Å²) in [4.78, 5) is 39.9. The number of benzene rings is 2. The summed E-state index contributed by atoms with van der Waals surface area (Å²) in [5.74, 6) is 0.232. The van der Waals surface area contributed by atoms with E-state index in [2.05, 4.69) is 51.6 Å². The second-order valence-electron chi connectivity index (χ2n) is 11.0. The zero-order valence-electron chi connectivity index (χ0n) is 22.1. The van der Waals surface area contributed by atoms with Gasteiger partial charge in [0.15, 0.2) is 0 Å². The number of nitrogens with zero attached hydrogens (tertiary/aromatic N) is 3. The van der Waals surface area contributed by atoms with Gasteiger partial charge in [0, 0.05) is 36.7 Å². The topological polar surface area (TPSA) is 106 Å². The molecule has 2 aromatic carbocycles. The summed E-state index contributed by atoms with van der Waals surface area (Å²) in [7, 11) is 0. The molecule has 3 N–H and O–H groups in total. The summed E-state index contributed by atoms with van der Waals surface area (Å²) in [6.45, 7) is 5.73. The molecular formula is C29H34N6O4. The van der Waals surface area contributed by atoms with Gasteiger partial charge in [0.1, 0.15) is 11.8 Å². The molecule has 0 aromatic heterocycles. The molecule has 1 atom stereocenters. The van der Waals surface area contributed by atoms with Crippen molar-refractivity contribution in [2.45, 2.75) is 50.6 Å². The third kappa shape index (κ3) is 4.97. The summed E-state index contributed by atoms with van der Waals surface area (Å²) >= 11 is 0. The predicted octanol–water partition coefficient (Wildman–Crippen LogP) is 1.86. The van der Waals surface area contributed by atoms with Gasteiger partial charge >= 0.3 is 0 Å². The average Bonchev–Trinajstić information content (AvgIpc) is 3.54. The van der Waals surface area contributed by atoms with Crippen LogP contribution in [0.1, 0.15) is 42.4 Å². The summed E-state index contributed by atoms with van der Waals surface area (Å²) in [6.07, 6.45) is 5.37. The van der Waals surface area contributed by atoms with Gasteiger partial charge in [0.05, 0.1) is 18.0 Å². The highest BCUT2D eigenvalue weighted by Gasteiger charge is 2.43. The molecule has 0 saturated carbocycles. The highest BCUT2D eigenvalue weighted by atomic mass is 16.5. The molecular weight excluding hydrogens is 496 g/mol. The lowest BCUT2D eigenvalue weighted by Crippen LogP contribution is -2.51. The highest BCUT2D eigenvalue weighted by molar-refractivity contribution is 6.00. The molecule has 1 spiro atoms. The number of piperidine rings is 2. The van der Waals surface area contributed by atoms with Gasteiger partial charge in [-0.1, -0.05) is 18.2 Å². The predicted molar refractivity (Wildman–Crippen MR) is 145 cm³/mol. The Morgan fingerprint density at radius 2 is 1.95 bits per heavy atom. The number of aryl methyl sites for hydroxylation is 1. The second kappa shape index (κ2) is 10.3. The van der Waals surface area contributed by atoms with Crippen LogP contribution in [0, 0.1) is 6.92 Å². The Hall–Kier alpha value is -3.89. The van der Waals surface area contributed by atoms with Gasteiger partial charge in [-0.2, -0.15) is 0 Å². The van der Waals surface area contributed by atoms with Crippen LogP contribution >= 0.6 is 0 Å². The summed E-state index contributed by atoms with van der Waals surface area (Å²) in [6, 6.07) is 13.8. The van der Waals surface area contributed by atoms with Crippen molar-refractivity contribution in [3.63, 3.8) is 0 Å². The fraction of sp³-hybridized carbons (Fsp3) is 0.414. The minimum Gasteiger partial charge on any atom is -0.492 e. The number of rotatable bonds is 7. The Morgan fingerprint density at radius 3 is 2.69 bits per heavy atom. The largest absolute Gasteiger partial charge is 0.492 e. The highest BCUT2D eigenvalue weighted by Crippen LogP contribution is 2.46. The average molecular weight is 531 g/mol. The third-order valence-corrected chi connectivity index (χ3v) is 8.48. The first kappa shape index (κ1) is 25.4. The van der Waals surface area contributed by atoms with E-state index in [9.17, 15) is 14.4 Å². The van der Waals surface area contributed by atoms with E-state index < -0.39 is 11.9 Å². The summed E-state index contributed by atoms with van der Waals surface area (Å²) in [5.41, 5.74) is 11.9. The van der Waals surface area contributed by atoms with Crippen LogP contribution in [-0.2, 0) is 26.3 Å². The molecule has 2 fully saturated rings. The van der Waals surface area contributed by atoms with E-state index in [1.54, 1.807) is 0 Å². The van der Waals surface area contributed by atoms with Gasteiger partial charge in [-0.15, -0.1) is 5.53 Å². The number of para-hydroxylation sites is 1. The van der Waals surface area contributed by atoms with E-state index in [0.29, 0.717) is 19.6 Å². The lowest BCUT2D eigenvalue weighted by Gasteiger charge is -2.38. The van der Waals surface area contributed by atoms with E-state index in [4.69, 9.17) is 4.74 Å². The molecule has 10 heteroatoms. The molecule has 6 rings (SSSR count). The number of imide groups is 1. The van der Waals surface area contributed by atoms with Crippen LogP contribution in [0.25, 0.3) is 0 Å². The first-order chi connectivity index (χ1) is 18.9. The first-order valence-corrected chi connectivity index (χ1v) is 13.5. The maximum atomic E-state index is 12.4. The molecule has 4 aliphatic heterocycles. The van der Waals surface area contributed by atoms with E-state index in [-0.39, 0.29) is 17.7 Å². The van der Waals surface area contributed by atoms with Crippen molar-refractivity contribution in [3.8, 4) is 5.75 Å². The summed E-state index contributed by atoms with van der Waals surface area (Å²) in [5, 5.41) is 4.34. The van der Waals surface area contributed by atoms with Gasteiger partial charge in [-0.05, 0) is 74.7 Å². The minimum atomic E-state index is -0.632. The van der Waals surface area contributed by atoms with E-state index in [1.165, 1.54) is 10.5 Å². The zero-order valence-corrected chi connectivity index (χ0v) is 22.1. The van der Waals surface area contributed by atoms with Crippen molar-refractivity contribution in [3.05, 3.63) is 71.1 Å². The van der Waals surface area contributed by atoms with Crippen LogP contribution in [0.2, 0.25) is 0 Å². The molecule has 4 heterocycles. The van der Waals surface area contributed by atoms with E-state index in [1.807, 2.05) is 30.1 Å². The fourth-order valence-corrected chi connectivity index (χ4v) is 6.09. The van der Waals surface area contributed by atoms with Gasteiger partial charge in [0.25, 0.3) is 0 Å². The number of carbonyl (C=O) groups excluding carboxylic acids is 3. The third-order valence-electron chi connectivity index (χ3n) is 8.48. The van der Waals surface area contributed by atoms with Crippen LogP contribution < -0.4 is 26.0 Å². The van der Waals surface area contributed by atoms with Crippen LogP contribution in [-0.4, -0.2) is 60.3 Å². The number of carbonyl (C=O) groups is 3. The number of nitrogens with one attached hydrogen (secondary N) is 3. The van der Waals surface area contributed by atoms with E-state index in [0.717, 1.165) is 67.1 Å². The maximum absolute atomic E-state index is 12.4.